The number of nitrogens with zero attached hydrogens (tertiary/aromatic N) is 2. The maximum atomic E-state index is 5.90. The first kappa shape index (κ1) is 11.9. The number of rotatable bonds is 1. The zero-order valence-electron chi connectivity index (χ0n) is 10.4. The lowest BCUT2D eigenvalue weighted by Gasteiger charge is -2.07. The van der Waals surface area contributed by atoms with Crippen LogP contribution in [0.15, 0.2) is 42.5 Å². The summed E-state index contributed by atoms with van der Waals surface area (Å²) in [6.45, 7) is 1.95. The summed E-state index contributed by atoms with van der Waals surface area (Å²) < 4.78 is 0. The van der Waals surface area contributed by atoms with Gasteiger partial charge in [-0.3, -0.25) is 0 Å². The predicted molar refractivity (Wildman–Crippen MR) is 79.1 cm³/mol. The summed E-state index contributed by atoms with van der Waals surface area (Å²) in [5.74, 6) is 0. The van der Waals surface area contributed by atoms with Gasteiger partial charge in [-0.25, -0.2) is 9.97 Å². The van der Waals surface area contributed by atoms with Gasteiger partial charge in [-0.1, -0.05) is 23.7 Å². The first-order valence-corrected chi connectivity index (χ1v) is 6.31. The second-order valence-electron chi connectivity index (χ2n) is 4.41. The van der Waals surface area contributed by atoms with Crippen LogP contribution in [-0.4, -0.2) is 9.97 Å². The summed E-state index contributed by atoms with van der Waals surface area (Å²) in [6, 6.07) is 13.1. The largest absolute Gasteiger partial charge is 0.399 e. The molecule has 94 valence electrons. The van der Waals surface area contributed by atoms with Crippen LogP contribution in [-0.2, 0) is 0 Å². The van der Waals surface area contributed by atoms with E-state index >= 15 is 0 Å². The second kappa shape index (κ2) is 4.52. The fraction of sp³-hybridized carbons (Fsp3) is 0.0667. The summed E-state index contributed by atoms with van der Waals surface area (Å²) >= 11 is 5.90. The number of anilines is 1. The summed E-state index contributed by atoms with van der Waals surface area (Å²) in [5, 5.41) is 0.708. The number of hydrogen-bond donors (Lipinski definition) is 1. The van der Waals surface area contributed by atoms with Crippen molar-refractivity contribution >= 4 is 28.3 Å². The monoisotopic (exact) mass is 269 g/mol. The van der Waals surface area contributed by atoms with Crippen LogP contribution >= 0.6 is 11.6 Å². The molecule has 0 fully saturated rings. The normalized spacial score (nSPS) is 10.8. The minimum atomic E-state index is 0.688. The van der Waals surface area contributed by atoms with Gasteiger partial charge in [-0.05, 0) is 37.3 Å². The zero-order chi connectivity index (χ0) is 13.4. The SMILES string of the molecule is Cc1nc2ccc(N)cc2nc1-c1ccc(Cl)cc1. The Hall–Kier alpha value is -2.13. The van der Waals surface area contributed by atoms with Crippen molar-refractivity contribution in [2.45, 2.75) is 6.92 Å². The molecular formula is C15H12ClN3. The maximum Gasteiger partial charge on any atom is 0.0922 e. The number of halogens is 1. The third-order valence-corrected chi connectivity index (χ3v) is 3.23. The van der Waals surface area contributed by atoms with Crippen molar-refractivity contribution in [2.75, 3.05) is 5.73 Å². The summed E-state index contributed by atoms with van der Waals surface area (Å²) in [7, 11) is 0. The van der Waals surface area contributed by atoms with E-state index in [1.165, 1.54) is 0 Å². The molecule has 0 saturated heterocycles. The number of aromatic nitrogens is 2. The molecule has 3 rings (SSSR count). The molecule has 0 unspecified atom stereocenters. The third-order valence-electron chi connectivity index (χ3n) is 2.98. The minimum absolute atomic E-state index is 0.688. The van der Waals surface area contributed by atoms with E-state index in [0.717, 1.165) is 28.0 Å². The topological polar surface area (TPSA) is 51.8 Å². The van der Waals surface area contributed by atoms with E-state index in [4.69, 9.17) is 17.3 Å². The van der Waals surface area contributed by atoms with Crippen LogP contribution in [0.2, 0.25) is 5.02 Å². The van der Waals surface area contributed by atoms with Gasteiger partial charge in [0.05, 0.1) is 22.4 Å². The molecule has 4 heteroatoms. The second-order valence-corrected chi connectivity index (χ2v) is 4.85. The molecule has 0 aliphatic heterocycles. The van der Waals surface area contributed by atoms with Gasteiger partial charge < -0.3 is 5.73 Å². The van der Waals surface area contributed by atoms with Gasteiger partial charge >= 0.3 is 0 Å². The Labute approximate surface area is 116 Å². The van der Waals surface area contributed by atoms with Crippen LogP contribution in [0.3, 0.4) is 0 Å². The van der Waals surface area contributed by atoms with E-state index in [1.54, 1.807) is 0 Å². The van der Waals surface area contributed by atoms with E-state index in [2.05, 4.69) is 9.97 Å². The van der Waals surface area contributed by atoms with Gasteiger partial charge in [0.1, 0.15) is 0 Å². The Morgan fingerprint density at radius 3 is 2.42 bits per heavy atom. The van der Waals surface area contributed by atoms with E-state index in [1.807, 2.05) is 49.4 Å². The average Bonchev–Trinajstić information content (AvgIpc) is 2.40. The lowest BCUT2D eigenvalue weighted by Crippen LogP contribution is -1.95. The van der Waals surface area contributed by atoms with Gasteiger partial charge in [0, 0.05) is 16.3 Å². The molecule has 3 nitrogen and oxygen atoms in total. The molecule has 0 aliphatic rings. The van der Waals surface area contributed by atoms with E-state index < -0.39 is 0 Å². The number of benzene rings is 2. The highest BCUT2D eigenvalue weighted by Crippen LogP contribution is 2.25. The molecule has 0 spiro atoms. The summed E-state index contributed by atoms with van der Waals surface area (Å²) in [4.78, 5) is 9.21. The van der Waals surface area contributed by atoms with Crippen LogP contribution in [0.25, 0.3) is 22.3 Å². The van der Waals surface area contributed by atoms with Gasteiger partial charge in [0.25, 0.3) is 0 Å². The maximum absolute atomic E-state index is 5.90. The van der Waals surface area contributed by atoms with E-state index in [-0.39, 0.29) is 0 Å². The highest BCUT2D eigenvalue weighted by atomic mass is 35.5. The minimum Gasteiger partial charge on any atom is -0.399 e. The Bertz CT molecular complexity index is 751. The first-order chi connectivity index (χ1) is 9.13. The molecule has 3 aromatic rings. The number of nitrogen functional groups attached to an aromatic ring is 1. The molecule has 1 aromatic heterocycles. The molecule has 0 aliphatic carbocycles. The molecule has 19 heavy (non-hydrogen) atoms. The van der Waals surface area contributed by atoms with Gasteiger partial charge in [0.2, 0.25) is 0 Å². The Kier molecular flexibility index (Phi) is 2.84. The zero-order valence-corrected chi connectivity index (χ0v) is 11.1. The molecule has 2 aromatic carbocycles. The lowest BCUT2D eigenvalue weighted by molar-refractivity contribution is 1.19. The van der Waals surface area contributed by atoms with Gasteiger partial charge in [-0.15, -0.1) is 0 Å². The Morgan fingerprint density at radius 1 is 0.947 bits per heavy atom. The lowest BCUT2D eigenvalue weighted by atomic mass is 10.1. The molecule has 0 atom stereocenters. The molecule has 1 heterocycles. The molecular weight excluding hydrogens is 258 g/mol. The highest BCUT2D eigenvalue weighted by Gasteiger charge is 2.07. The van der Waals surface area contributed by atoms with E-state index in [0.29, 0.717) is 10.7 Å². The van der Waals surface area contributed by atoms with Crippen LogP contribution < -0.4 is 5.73 Å². The van der Waals surface area contributed by atoms with Crippen molar-refractivity contribution in [1.82, 2.24) is 9.97 Å². The van der Waals surface area contributed by atoms with Crippen molar-refractivity contribution in [2.24, 2.45) is 0 Å². The van der Waals surface area contributed by atoms with Crippen molar-refractivity contribution in [3.63, 3.8) is 0 Å². The fourth-order valence-corrected chi connectivity index (χ4v) is 2.17. The first-order valence-electron chi connectivity index (χ1n) is 5.93. The van der Waals surface area contributed by atoms with Crippen molar-refractivity contribution < 1.29 is 0 Å². The molecule has 0 radical (unpaired) electrons. The van der Waals surface area contributed by atoms with Crippen molar-refractivity contribution in [3.05, 3.63) is 53.2 Å². The average molecular weight is 270 g/mol. The fourth-order valence-electron chi connectivity index (χ4n) is 2.04. The number of hydrogen-bond acceptors (Lipinski definition) is 3. The van der Waals surface area contributed by atoms with Crippen molar-refractivity contribution in [3.8, 4) is 11.3 Å². The highest BCUT2D eigenvalue weighted by molar-refractivity contribution is 6.30. The summed E-state index contributed by atoms with van der Waals surface area (Å²) in [6.07, 6.45) is 0. The van der Waals surface area contributed by atoms with Crippen LogP contribution in [0, 0.1) is 6.92 Å². The number of aryl methyl sites for hydroxylation is 1. The van der Waals surface area contributed by atoms with Gasteiger partial charge in [0.15, 0.2) is 0 Å². The Morgan fingerprint density at radius 2 is 1.68 bits per heavy atom. The van der Waals surface area contributed by atoms with Crippen LogP contribution in [0.1, 0.15) is 5.69 Å². The Balaban J connectivity index is 2.23. The quantitative estimate of drug-likeness (QED) is 0.683. The molecule has 2 N–H and O–H groups in total. The number of fused-ring (bicyclic) bond motifs is 1. The predicted octanol–water partition coefficient (Wildman–Crippen LogP) is 3.84. The van der Waals surface area contributed by atoms with Crippen molar-refractivity contribution in [1.29, 1.82) is 0 Å². The standard InChI is InChI=1S/C15H12ClN3/c1-9-15(10-2-4-11(16)5-3-10)19-14-8-12(17)6-7-13(14)18-9/h2-8H,17H2,1H3. The smallest absolute Gasteiger partial charge is 0.0922 e. The van der Waals surface area contributed by atoms with Crippen LogP contribution in [0.4, 0.5) is 5.69 Å². The summed E-state index contributed by atoms with van der Waals surface area (Å²) in [5.41, 5.74) is 10.9. The molecule has 0 bridgehead atoms. The third kappa shape index (κ3) is 2.25. The van der Waals surface area contributed by atoms with E-state index in [9.17, 15) is 0 Å². The molecule has 0 amide bonds. The molecule has 0 saturated carbocycles. The van der Waals surface area contributed by atoms with Crippen LogP contribution in [0.5, 0.6) is 0 Å². The van der Waals surface area contributed by atoms with Gasteiger partial charge in [-0.2, -0.15) is 0 Å². The number of nitrogens with two attached hydrogens (primary N) is 1.